The second-order valence-corrected chi connectivity index (χ2v) is 8.79. The monoisotopic (exact) mass is 362 g/mol. The molecule has 25 heavy (non-hydrogen) atoms. The second-order valence-electron chi connectivity index (χ2n) is 8.79. The van der Waals surface area contributed by atoms with Gasteiger partial charge in [0.15, 0.2) is 0 Å². The van der Waals surface area contributed by atoms with Gasteiger partial charge in [0.25, 0.3) is 0 Å². The van der Waals surface area contributed by atoms with Gasteiger partial charge >= 0.3 is 6.11 Å². The van der Waals surface area contributed by atoms with Crippen LogP contribution in [0.5, 0.6) is 0 Å². The molecule has 3 rings (SSSR count). The molecule has 0 spiro atoms. The molecule has 146 valence electrons. The van der Waals surface area contributed by atoms with E-state index in [4.69, 9.17) is 9.47 Å². The van der Waals surface area contributed by atoms with Gasteiger partial charge in [0.1, 0.15) is 12.3 Å². The van der Waals surface area contributed by atoms with Gasteiger partial charge in [-0.05, 0) is 62.2 Å². The van der Waals surface area contributed by atoms with E-state index in [1.807, 2.05) is 6.92 Å². The zero-order valence-corrected chi connectivity index (χ0v) is 15.6. The molecular weight excluding hydrogens is 329 g/mol. The van der Waals surface area contributed by atoms with Gasteiger partial charge in [-0.1, -0.05) is 26.7 Å². The molecule has 2 aliphatic carbocycles. The highest BCUT2D eigenvalue weighted by Gasteiger charge is 2.47. The van der Waals surface area contributed by atoms with E-state index in [0.29, 0.717) is 37.7 Å². The van der Waals surface area contributed by atoms with Crippen LogP contribution < -0.4 is 0 Å². The van der Waals surface area contributed by atoms with Crippen LogP contribution in [0.4, 0.5) is 13.2 Å². The van der Waals surface area contributed by atoms with Crippen molar-refractivity contribution in [1.29, 1.82) is 0 Å². The molecule has 0 N–H and O–H groups in total. The first-order valence-electron chi connectivity index (χ1n) is 10.2. The molecule has 3 fully saturated rings. The maximum absolute atomic E-state index is 14.5. The summed E-state index contributed by atoms with van der Waals surface area (Å²) in [7, 11) is 0. The molecule has 1 aliphatic heterocycles. The highest BCUT2D eigenvalue weighted by Crippen LogP contribution is 2.41. The molecule has 0 amide bonds. The largest absolute Gasteiger partial charge is 0.382 e. The SMILES string of the molecule is CC1CCC(C2CCC(C(F)(F)OC3CCC(C)C(F)C3)OC2)CC1. The highest BCUT2D eigenvalue weighted by molar-refractivity contribution is 4.85. The first-order chi connectivity index (χ1) is 11.8. The molecule has 2 nitrogen and oxygen atoms in total. The summed E-state index contributed by atoms with van der Waals surface area (Å²) in [6.45, 7) is 4.53. The van der Waals surface area contributed by atoms with Crippen molar-refractivity contribution < 1.29 is 22.6 Å². The Labute approximate surface area is 149 Å². The van der Waals surface area contributed by atoms with Crippen LogP contribution in [0.15, 0.2) is 0 Å². The maximum atomic E-state index is 14.5. The summed E-state index contributed by atoms with van der Waals surface area (Å²) in [5, 5.41) is 0. The quantitative estimate of drug-likeness (QED) is 0.634. The van der Waals surface area contributed by atoms with Gasteiger partial charge in [-0.25, -0.2) is 4.39 Å². The third kappa shape index (κ3) is 4.91. The van der Waals surface area contributed by atoms with Gasteiger partial charge in [0, 0.05) is 6.42 Å². The Balaban J connectivity index is 1.46. The third-order valence-electron chi connectivity index (χ3n) is 6.79. The smallest absolute Gasteiger partial charge is 0.369 e. The first-order valence-corrected chi connectivity index (χ1v) is 10.2. The molecule has 5 heteroatoms. The summed E-state index contributed by atoms with van der Waals surface area (Å²) >= 11 is 0. The van der Waals surface area contributed by atoms with Crippen LogP contribution in [-0.4, -0.2) is 31.1 Å². The zero-order chi connectivity index (χ0) is 18.0. The summed E-state index contributed by atoms with van der Waals surface area (Å²) in [6.07, 6.45) is 0.984. The van der Waals surface area contributed by atoms with Crippen LogP contribution >= 0.6 is 0 Å². The van der Waals surface area contributed by atoms with Gasteiger partial charge in [0.05, 0.1) is 12.7 Å². The predicted molar refractivity (Wildman–Crippen MR) is 91.3 cm³/mol. The van der Waals surface area contributed by atoms with Gasteiger partial charge in [-0.3, -0.25) is 0 Å². The number of alkyl halides is 3. The summed E-state index contributed by atoms with van der Waals surface area (Å²) < 4.78 is 53.3. The molecule has 0 bridgehead atoms. The van der Waals surface area contributed by atoms with Crippen LogP contribution in [0.3, 0.4) is 0 Å². The van der Waals surface area contributed by atoms with Crippen molar-refractivity contribution in [3.8, 4) is 0 Å². The van der Waals surface area contributed by atoms with Crippen molar-refractivity contribution in [2.24, 2.45) is 23.7 Å². The van der Waals surface area contributed by atoms with Crippen LogP contribution in [0, 0.1) is 23.7 Å². The van der Waals surface area contributed by atoms with Crippen molar-refractivity contribution >= 4 is 0 Å². The van der Waals surface area contributed by atoms with E-state index in [2.05, 4.69) is 6.92 Å². The Bertz CT molecular complexity index is 415. The topological polar surface area (TPSA) is 18.5 Å². The lowest BCUT2D eigenvalue weighted by Gasteiger charge is -2.40. The Morgan fingerprint density at radius 2 is 1.56 bits per heavy atom. The molecular formula is C20H33F3O2. The summed E-state index contributed by atoms with van der Waals surface area (Å²) in [5.74, 6) is 1.77. The molecule has 2 saturated carbocycles. The van der Waals surface area contributed by atoms with E-state index in [1.54, 1.807) is 0 Å². The lowest BCUT2D eigenvalue weighted by atomic mass is 9.74. The first kappa shape index (κ1) is 19.5. The van der Waals surface area contributed by atoms with Crippen molar-refractivity contribution in [2.75, 3.05) is 6.61 Å². The van der Waals surface area contributed by atoms with Crippen LogP contribution in [0.25, 0.3) is 0 Å². The molecule has 0 aromatic rings. The molecule has 0 aromatic heterocycles. The highest BCUT2D eigenvalue weighted by atomic mass is 19.3. The Kier molecular flexibility index (Phi) is 6.36. The Morgan fingerprint density at radius 1 is 0.880 bits per heavy atom. The molecule has 5 atom stereocenters. The van der Waals surface area contributed by atoms with Crippen molar-refractivity contribution in [1.82, 2.24) is 0 Å². The number of halogens is 3. The van der Waals surface area contributed by atoms with Gasteiger partial charge in [-0.15, -0.1) is 0 Å². The van der Waals surface area contributed by atoms with Crippen LogP contribution in [-0.2, 0) is 9.47 Å². The maximum Gasteiger partial charge on any atom is 0.382 e. The fourth-order valence-corrected chi connectivity index (χ4v) is 4.80. The minimum absolute atomic E-state index is 0.0571. The Hall–Kier alpha value is -0.290. The molecule has 1 saturated heterocycles. The summed E-state index contributed by atoms with van der Waals surface area (Å²) in [4.78, 5) is 0. The fraction of sp³-hybridized carbons (Fsp3) is 1.00. The zero-order valence-electron chi connectivity index (χ0n) is 15.6. The minimum Gasteiger partial charge on any atom is -0.369 e. The molecule has 0 radical (unpaired) electrons. The van der Waals surface area contributed by atoms with E-state index >= 15 is 0 Å². The predicted octanol–water partition coefficient (Wildman–Crippen LogP) is 5.74. The lowest BCUT2D eigenvalue weighted by Crippen LogP contribution is -2.46. The van der Waals surface area contributed by atoms with E-state index in [-0.39, 0.29) is 12.3 Å². The van der Waals surface area contributed by atoms with E-state index in [1.165, 1.54) is 25.7 Å². The molecule has 3 aliphatic rings. The standard InChI is InChI=1S/C20H33F3O2/c1-13-3-6-15(7-4-13)16-8-10-19(24-12-16)20(22,23)25-17-9-5-14(2)18(21)11-17/h13-19H,3-12H2,1-2H3. The van der Waals surface area contributed by atoms with E-state index in [0.717, 1.165) is 12.3 Å². The average molecular weight is 362 g/mol. The van der Waals surface area contributed by atoms with Gasteiger partial charge in [-0.2, -0.15) is 8.78 Å². The lowest BCUT2D eigenvalue weighted by molar-refractivity contribution is -0.328. The Morgan fingerprint density at radius 3 is 2.16 bits per heavy atom. The number of hydrogen-bond acceptors (Lipinski definition) is 2. The van der Waals surface area contributed by atoms with E-state index in [9.17, 15) is 13.2 Å². The van der Waals surface area contributed by atoms with Crippen molar-refractivity contribution in [3.05, 3.63) is 0 Å². The third-order valence-corrected chi connectivity index (χ3v) is 6.79. The van der Waals surface area contributed by atoms with Crippen molar-refractivity contribution in [3.63, 3.8) is 0 Å². The molecule has 5 unspecified atom stereocenters. The average Bonchev–Trinajstić information content (AvgIpc) is 2.59. The second kappa shape index (κ2) is 8.16. The van der Waals surface area contributed by atoms with Crippen molar-refractivity contribution in [2.45, 2.75) is 96.1 Å². The normalized spacial score (nSPS) is 43.8. The summed E-state index contributed by atoms with van der Waals surface area (Å²) in [6, 6.07) is 0. The fourth-order valence-electron chi connectivity index (χ4n) is 4.80. The number of hydrogen-bond donors (Lipinski definition) is 0. The molecule has 0 aromatic carbocycles. The van der Waals surface area contributed by atoms with Crippen LogP contribution in [0.1, 0.15) is 71.6 Å². The number of ether oxygens (including phenoxy) is 2. The number of rotatable bonds is 4. The van der Waals surface area contributed by atoms with Gasteiger partial charge in [0.2, 0.25) is 0 Å². The van der Waals surface area contributed by atoms with Gasteiger partial charge < -0.3 is 9.47 Å². The minimum atomic E-state index is -3.31. The summed E-state index contributed by atoms with van der Waals surface area (Å²) in [5.41, 5.74) is 0. The van der Waals surface area contributed by atoms with Crippen LogP contribution in [0.2, 0.25) is 0 Å². The van der Waals surface area contributed by atoms with E-state index < -0.39 is 24.5 Å². The molecule has 1 heterocycles.